The minimum atomic E-state index is -0.252. The average molecular weight is 435 g/mol. The number of rotatable bonds is 3. The van der Waals surface area contributed by atoms with E-state index in [1.807, 2.05) is 43.3 Å². The molecule has 2 aromatic carbocycles. The Hall–Kier alpha value is -4.52. The number of halogens is 1. The first-order valence-corrected chi connectivity index (χ1v) is 10.4. The van der Waals surface area contributed by atoms with Crippen LogP contribution < -0.4 is 0 Å². The van der Waals surface area contributed by atoms with E-state index in [1.165, 1.54) is 12.3 Å². The molecule has 0 unspecified atom stereocenters. The van der Waals surface area contributed by atoms with Crippen LogP contribution in [0.4, 0.5) is 4.39 Å². The minimum Gasteiger partial charge on any atom is -0.506 e. The van der Waals surface area contributed by atoms with Crippen molar-refractivity contribution in [3.8, 4) is 39.5 Å². The van der Waals surface area contributed by atoms with Gasteiger partial charge in [0, 0.05) is 28.0 Å². The van der Waals surface area contributed by atoms with Crippen molar-refractivity contribution in [3.63, 3.8) is 0 Å². The number of benzene rings is 2. The Morgan fingerprint density at radius 3 is 2.64 bits per heavy atom. The highest BCUT2D eigenvalue weighted by atomic mass is 19.1. The molecular weight excluding hydrogens is 417 g/mol. The molecule has 0 amide bonds. The van der Waals surface area contributed by atoms with Gasteiger partial charge in [0.2, 0.25) is 0 Å². The number of fused-ring (bicyclic) bond motifs is 2. The second-order valence-electron chi connectivity index (χ2n) is 8.09. The van der Waals surface area contributed by atoms with Crippen LogP contribution >= 0.6 is 0 Å². The summed E-state index contributed by atoms with van der Waals surface area (Å²) in [7, 11) is 0. The maximum atomic E-state index is 14.1. The molecule has 0 bridgehead atoms. The van der Waals surface area contributed by atoms with Crippen molar-refractivity contribution < 1.29 is 9.50 Å². The fraction of sp³-hybridized carbons (Fsp3) is 0.0385. The van der Waals surface area contributed by atoms with E-state index in [0.29, 0.717) is 11.3 Å². The molecule has 6 aromatic rings. The summed E-state index contributed by atoms with van der Waals surface area (Å²) in [6.07, 6.45) is 4.76. The van der Waals surface area contributed by atoms with Gasteiger partial charge in [-0.1, -0.05) is 18.2 Å². The molecule has 6 rings (SSSR count). The van der Waals surface area contributed by atoms with Gasteiger partial charge < -0.3 is 10.1 Å². The summed E-state index contributed by atoms with van der Waals surface area (Å²) >= 11 is 0. The Labute approximate surface area is 187 Å². The van der Waals surface area contributed by atoms with Gasteiger partial charge in [-0.05, 0) is 60.0 Å². The van der Waals surface area contributed by atoms with Crippen LogP contribution in [0, 0.1) is 12.7 Å². The summed E-state index contributed by atoms with van der Waals surface area (Å²) in [5, 5.41) is 19.2. The molecule has 0 aliphatic rings. The third kappa shape index (κ3) is 3.30. The van der Waals surface area contributed by atoms with Crippen LogP contribution in [0.5, 0.6) is 5.75 Å². The van der Waals surface area contributed by atoms with Crippen LogP contribution in [0.25, 0.3) is 55.6 Å². The molecule has 7 heteroatoms. The van der Waals surface area contributed by atoms with E-state index < -0.39 is 0 Å². The van der Waals surface area contributed by atoms with E-state index in [4.69, 9.17) is 0 Å². The number of aromatic amines is 2. The monoisotopic (exact) mass is 435 g/mol. The first-order chi connectivity index (χ1) is 16.0. The van der Waals surface area contributed by atoms with Crippen molar-refractivity contribution in [1.82, 2.24) is 25.1 Å². The van der Waals surface area contributed by atoms with E-state index in [-0.39, 0.29) is 11.6 Å². The van der Waals surface area contributed by atoms with Gasteiger partial charge in [-0.3, -0.25) is 15.1 Å². The van der Waals surface area contributed by atoms with Gasteiger partial charge in [0.15, 0.2) is 0 Å². The molecule has 0 aliphatic carbocycles. The topological polar surface area (TPSA) is 90.5 Å². The molecule has 4 heterocycles. The maximum absolute atomic E-state index is 14.1. The number of aromatic hydroxyl groups is 1. The zero-order chi connectivity index (χ0) is 22.5. The van der Waals surface area contributed by atoms with Crippen molar-refractivity contribution in [2.45, 2.75) is 6.92 Å². The SMILES string of the molecule is Cc1cc(F)cc(-c2cccc3[nH]c(-c4n[nH]c5cnc(-c6cncc(O)c6)cc45)cc23)c1. The van der Waals surface area contributed by atoms with Crippen molar-refractivity contribution in [2.24, 2.45) is 0 Å². The van der Waals surface area contributed by atoms with Crippen molar-refractivity contribution in [3.05, 3.63) is 84.6 Å². The Morgan fingerprint density at radius 2 is 1.79 bits per heavy atom. The molecule has 0 aliphatic heterocycles. The van der Waals surface area contributed by atoms with Crippen LogP contribution in [-0.2, 0) is 0 Å². The molecule has 0 spiro atoms. The number of hydrogen-bond donors (Lipinski definition) is 3. The number of aryl methyl sites for hydroxylation is 1. The maximum Gasteiger partial charge on any atom is 0.134 e. The second kappa shape index (κ2) is 7.27. The smallest absolute Gasteiger partial charge is 0.134 e. The molecular formula is C26H18FN5O. The molecule has 160 valence electrons. The van der Waals surface area contributed by atoms with Gasteiger partial charge in [0.05, 0.1) is 29.3 Å². The molecule has 6 nitrogen and oxygen atoms in total. The van der Waals surface area contributed by atoms with Gasteiger partial charge >= 0.3 is 0 Å². The van der Waals surface area contributed by atoms with Gasteiger partial charge in [-0.15, -0.1) is 0 Å². The lowest BCUT2D eigenvalue weighted by Gasteiger charge is -2.05. The van der Waals surface area contributed by atoms with E-state index >= 15 is 0 Å². The fourth-order valence-corrected chi connectivity index (χ4v) is 4.27. The molecule has 0 radical (unpaired) electrons. The lowest BCUT2D eigenvalue weighted by Crippen LogP contribution is -1.85. The number of pyridine rings is 2. The highest BCUT2D eigenvalue weighted by molar-refractivity contribution is 6.01. The molecule has 3 N–H and O–H groups in total. The summed E-state index contributed by atoms with van der Waals surface area (Å²) in [5.41, 5.74) is 7.36. The first kappa shape index (κ1) is 19.2. The van der Waals surface area contributed by atoms with Gasteiger partial charge in [-0.25, -0.2) is 4.39 Å². The summed E-state index contributed by atoms with van der Waals surface area (Å²) in [4.78, 5) is 12.0. The fourth-order valence-electron chi connectivity index (χ4n) is 4.27. The van der Waals surface area contributed by atoms with E-state index in [1.54, 1.807) is 24.5 Å². The Balaban J connectivity index is 1.51. The lowest BCUT2D eigenvalue weighted by atomic mass is 9.99. The van der Waals surface area contributed by atoms with Gasteiger partial charge in [-0.2, -0.15) is 5.10 Å². The van der Waals surface area contributed by atoms with E-state index in [2.05, 4.69) is 25.1 Å². The molecule has 0 saturated carbocycles. The summed E-state index contributed by atoms with van der Waals surface area (Å²) in [6, 6.07) is 16.6. The number of nitrogens with zero attached hydrogens (tertiary/aromatic N) is 3. The van der Waals surface area contributed by atoms with Crippen LogP contribution in [-0.4, -0.2) is 30.3 Å². The van der Waals surface area contributed by atoms with Crippen LogP contribution in [0.1, 0.15) is 5.56 Å². The molecule has 0 saturated heterocycles. The van der Waals surface area contributed by atoms with Crippen molar-refractivity contribution in [2.75, 3.05) is 0 Å². The second-order valence-corrected chi connectivity index (χ2v) is 8.09. The summed E-state index contributed by atoms with van der Waals surface area (Å²) in [6.45, 7) is 1.89. The Morgan fingerprint density at radius 1 is 0.879 bits per heavy atom. The van der Waals surface area contributed by atoms with Crippen molar-refractivity contribution >= 4 is 21.8 Å². The lowest BCUT2D eigenvalue weighted by molar-refractivity contribution is 0.473. The number of H-pyrrole nitrogens is 2. The van der Waals surface area contributed by atoms with E-state index in [9.17, 15) is 9.50 Å². The minimum absolute atomic E-state index is 0.0811. The van der Waals surface area contributed by atoms with Crippen LogP contribution in [0.2, 0.25) is 0 Å². The summed E-state index contributed by atoms with van der Waals surface area (Å²) in [5.74, 6) is -0.171. The number of nitrogens with one attached hydrogen (secondary N) is 2. The van der Waals surface area contributed by atoms with Gasteiger partial charge in [0.25, 0.3) is 0 Å². The first-order valence-electron chi connectivity index (χ1n) is 10.4. The zero-order valence-electron chi connectivity index (χ0n) is 17.6. The number of hydrogen-bond acceptors (Lipinski definition) is 4. The Bertz CT molecular complexity index is 1650. The van der Waals surface area contributed by atoms with Crippen LogP contribution in [0.15, 0.2) is 73.2 Å². The van der Waals surface area contributed by atoms with Crippen LogP contribution in [0.3, 0.4) is 0 Å². The largest absolute Gasteiger partial charge is 0.506 e. The zero-order valence-corrected chi connectivity index (χ0v) is 17.6. The molecule has 4 aromatic heterocycles. The standard InChI is InChI=1S/C26H18FN5O/c1-14-5-15(7-17(27)6-14)19-3-2-4-22-20(19)9-24(30-22)26-21-10-23(29-13-25(21)31-32-26)16-8-18(33)12-28-11-16/h2-13,30,33H,1H3,(H,31,32). The average Bonchev–Trinajstić information content (AvgIpc) is 3.41. The third-order valence-electron chi connectivity index (χ3n) is 5.74. The van der Waals surface area contributed by atoms with E-state index in [0.717, 1.165) is 49.9 Å². The third-order valence-corrected chi connectivity index (χ3v) is 5.74. The summed E-state index contributed by atoms with van der Waals surface area (Å²) < 4.78 is 14.1. The number of aromatic nitrogens is 5. The molecule has 0 fully saturated rings. The normalized spacial score (nSPS) is 11.5. The van der Waals surface area contributed by atoms with Crippen molar-refractivity contribution in [1.29, 1.82) is 0 Å². The highest BCUT2D eigenvalue weighted by Gasteiger charge is 2.15. The molecule has 0 atom stereocenters. The molecule has 33 heavy (non-hydrogen) atoms. The highest BCUT2D eigenvalue weighted by Crippen LogP contribution is 2.35. The quantitative estimate of drug-likeness (QED) is 0.319. The predicted molar refractivity (Wildman–Crippen MR) is 126 cm³/mol. The Kier molecular flexibility index (Phi) is 4.23. The van der Waals surface area contributed by atoms with Gasteiger partial charge in [0.1, 0.15) is 17.3 Å². The predicted octanol–water partition coefficient (Wildman–Crippen LogP) is 5.99.